The number of halogens is 2. The number of hydrogen-bond donors (Lipinski definition) is 1. The molecule has 1 aromatic heterocycles. The third-order valence-corrected chi connectivity index (χ3v) is 5.76. The average molecular weight is 459 g/mol. The smallest absolute Gasteiger partial charge is 0.258 e. The van der Waals surface area contributed by atoms with E-state index in [-0.39, 0.29) is 23.9 Å². The van der Waals surface area contributed by atoms with Crippen molar-refractivity contribution in [1.82, 2.24) is 4.57 Å². The van der Waals surface area contributed by atoms with Gasteiger partial charge in [0, 0.05) is 41.4 Å². The summed E-state index contributed by atoms with van der Waals surface area (Å²) in [4.78, 5) is 25.0. The number of pyridine rings is 1. The zero-order valence-electron chi connectivity index (χ0n) is 18.9. The van der Waals surface area contributed by atoms with Crippen LogP contribution in [0.5, 0.6) is 0 Å². The van der Waals surface area contributed by atoms with Gasteiger partial charge in [-0.3, -0.25) is 9.59 Å². The largest absolute Gasteiger partial charge is 0.323 e. The number of hydrogen-bond acceptors (Lipinski definition) is 2. The maximum Gasteiger partial charge on any atom is 0.258 e. The molecule has 0 aliphatic heterocycles. The highest BCUT2D eigenvalue weighted by Gasteiger charge is 2.17. The van der Waals surface area contributed by atoms with E-state index in [1.54, 1.807) is 35.0 Å². The summed E-state index contributed by atoms with van der Waals surface area (Å²) < 4.78 is 29.6. The van der Waals surface area contributed by atoms with E-state index in [0.29, 0.717) is 16.6 Å². The van der Waals surface area contributed by atoms with Gasteiger partial charge in [-0.05, 0) is 66.3 Å². The molecule has 3 aromatic carbocycles. The number of anilines is 1. The second kappa shape index (κ2) is 9.43. The highest BCUT2D eigenvalue weighted by Crippen LogP contribution is 2.34. The fourth-order valence-electron chi connectivity index (χ4n) is 4.03. The molecule has 0 aliphatic rings. The molecule has 0 unspecified atom stereocenters. The third-order valence-electron chi connectivity index (χ3n) is 5.76. The number of nitrogens with one attached hydrogen (secondary N) is 1. The van der Waals surface area contributed by atoms with Gasteiger partial charge in [0.1, 0.15) is 11.6 Å². The lowest BCUT2D eigenvalue weighted by Crippen LogP contribution is -2.22. The van der Waals surface area contributed by atoms with Gasteiger partial charge in [-0.25, -0.2) is 8.78 Å². The van der Waals surface area contributed by atoms with Crippen LogP contribution in [0, 0.1) is 11.6 Å². The third kappa shape index (κ3) is 4.53. The Labute approximate surface area is 196 Å². The number of rotatable bonds is 6. The molecule has 4 aromatic rings. The second-order valence-corrected chi connectivity index (χ2v) is 8.37. The van der Waals surface area contributed by atoms with Crippen molar-refractivity contribution < 1.29 is 13.6 Å². The van der Waals surface area contributed by atoms with E-state index in [0.717, 1.165) is 28.1 Å². The van der Waals surface area contributed by atoms with Crippen molar-refractivity contribution in [3.8, 4) is 11.1 Å². The zero-order valence-corrected chi connectivity index (χ0v) is 18.9. The fraction of sp³-hybridized carbons (Fsp3) is 0.143. The van der Waals surface area contributed by atoms with Crippen LogP contribution in [-0.2, 0) is 11.2 Å². The summed E-state index contributed by atoms with van der Waals surface area (Å²) in [6.07, 6.45) is 3.18. The van der Waals surface area contributed by atoms with Gasteiger partial charge in [-0.15, -0.1) is 0 Å². The summed E-state index contributed by atoms with van der Waals surface area (Å²) in [7, 11) is 0. The van der Waals surface area contributed by atoms with E-state index < -0.39 is 11.6 Å². The molecule has 0 bridgehead atoms. The molecule has 0 aliphatic carbocycles. The lowest BCUT2D eigenvalue weighted by atomic mass is 9.92. The van der Waals surface area contributed by atoms with Crippen molar-refractivity contribution in [3.05, 3.63) is 113 Å². The molecule has 0 fully saturated rings. The average Bonchev–Trinajstić information content (AvgIpc) is 2.82. The molecule has 0 atom stereocenters. The van der Waals surface area contributed by atoms with Gasteiger partial charge in [0.15, 0.2) is 0 Å². The van der Waals surface area contributed by atoms with Crippen molar-refractivity contribution in [2.75, 3.05) is 5.32 Å². The quantitative estimate of drug-likeness (QED) is 0.348. The maximum atomic E-state index is 14.5. The minimum absolute atomic E-state index is 0.0856. The topological polar surface area (TPSA) is 51.1 Å². The number of carbonyl (C=O) groups excluding carboxylic acids is 1. The molecule has 34 heavy (non-hydrogen) atoms. The minimum Gasteiger partial charge on any atom is -0.323 e. The summed E-state index contributed by atoms with van der Waals surface area (Å²) in [5, 5.41) is 4.07. The van der Waals surface area contributed by atoms with Crippen molar-refractivity contribution in [2.24, 2.45) is 0 Å². The number of amides is 1. The van der Waals surface area contributed by atoms with E-state index >= 15 is 0 Å². The van der Waals surface area contributed by atoms with E-state index in [2.05, 4.69) is 11.9 Å². The molecule has 1 heterocycles. The summed E-state index contributed by atoms with van der Waals surface area (Å²) in [6, 6.07) is 16.1. The van der Waals surface area contributed by atoms with Crippen LogP contribution in [0.1, 0.15) is 31.0 Å². The lowest BCUT2D eigenvalue weighted by Gasteiger charge is -2.18. The Bertz CT molecular complexity index is 1470. The molecule has 0 spiro atoms. The Morgan fingerprint density at radius 1 is 1.00 bits per heavy atom. The number of aromatic nitrogens is 1. The Hall–Kier alpha value is -4.06. The van der Waals surface area contributed by atoms with Crippen LogP contribution in [0.3, 0.4) is 0 Å². The molecular weight excluding hydrogens is 434 g/mol. The predicted molar refractivity (Wildman–Crippen MR) is 132 cm³/mol. The lowest BCUT2D eigenvalue weighted by molar-refractivity contribution is -0.111. The molecule has 0 saturated heterocycles. The first-order chi connectivity index (χ1) is 16.3. The van der Waals surface area contributed by atoms with Gasteiger partial charge in [-0.1, -0.05) is 36.9 Å². The summed E-state index contributed by atoms with van der Waals surface area (Å²) in [5.41, 5.74) is 3.05. The van der Waals surface area contributed by atoms with E-state index in [1.807, 2.05) is 32.0 Å². The van der Waals surface area contributed by atoms with Gasteiger partial charge in [0.2, 0.25) is 5.91 Å². The summed E-state index contributed by atoms with van der Waals surface area (Å²) in [6.45, 7) is 7.34. The Morgan fingerprint density at radius 2 is 1.71 bits per heavy atom. The summed E-state index contributed by atoms with van der Waals surface area (Å²) >= 11 is 0. The monoisotopic (exact) mass is 458 g/mol. The van der Waals surface area contributed by atoms with Crippen LogP contribution >= 0.6 is 0 Å². The van der Waals surface area contributed by atoms with E-state index in [9.17, 15) is 18.4 Å². The number of fused-ring (bicyclic) bond motifs is 1. The highest BCUT2D eigenvalue weighted by atomic mass is 19.1. The van der Waals surface area contributed by atoms with E-state index in [4.69, 9.17) is 0 Å². The second-order valence-electron chi connectivity index (χ2n) is 8.37. The van der Waals surface area contributed by atoms with Crippen LogP contribution in [0.2, 0.25) is 0 Å². The Balaban J connectivity index is 1.98. The van der Waals surface area contributed by atoms with Crippen LogP contribution < -0.4 is 10.9 Å². The first-order valence-corrected chi connectivity index (χ1v) is 10.9. The molecule has 1 N–H and O–H groups in total. The van der Waals surface area contributed by atoms with Gasteiger partial charge >= 0.3 is 0 Å². The Kier molecular flexibility index (Phi) is 6.41. The fourth-order valence-corrected chi connectivity index (χ4v) is 4.03. The standard InChI is InChI=1S/C28H24F2N2O2/c1-4-27(33)31-21-12-10-18(13-19-9-11-20(29)14-26(19)30)24(15-21)25-16-32(17(2)3)28(34)23-8-6-5-7-22(23)25/h4-12,14-17H,1,13H2,2-3H3,(H,31,33). The molecule has 0 saturated carbocycles. The predicted octanol–water partition coefficient (Wildman–Crippen LogP) is 6.24. The van der Waals surface area contributed by atoms with Gasteiger partial charge in [0.25, 0.3) is 5.56 Å². The van der Waals surface area contributed by atoms with Crippen molar-refractivity contribution in [1.29, 1.82) is 0 Å². The SMILES string of the molecule is C=CC(=O)Nc1ccc(Cc2ccc(F)cc2F)c(-c2cn(C(C)C)c(=O)c3ccccc23)c1. The first kappa shape index (κ1) is 23.1. The van der Waals surface area contributed by atoms with Crippen LogP contribution in [0.15, 0.2) is 84.3 Å². The number of nitrogens with zero attached hydrogens (tertiary/aromatic N) is 1. The normalized spacial score (nSPS) is 11.1. The molecule has 0 radical (unpaired) electrons. The molecule has 4 rings (SSSR count). The van der Waals surface area contributed by atoms with Crippen molar-refractivity contribution >= 4 is 22.4 Å². The molecule has 1 amide bonds. The maximum absolute atomic E-state index is 14.5. The number of benzene rings is 3. The molecule has 6 heteroatoms. The zero-order chi connectivity index (χ0) is 24.4. The van der Waals surface area contributed by atoms with Gasteiger partial charge < -0.3 is 9.88 Å². The first-order valence-electron chi connectivity index (χ1n) is 10.9. The molecule has 172 valence electrons. The Morgan fingerprint density at radius 3 is 2.38 bits per heavy atom. The van der Waals surface area contributed by atoms with Gasteiger partial charge in [0.05, 0.1) is 0 Å². The van der Waals surface area contributed by atoms with Crippen molar-refractivity contribution in [3.63, 3.8) is 0 Å². The van der Waals surface area contributed by atoms with E-state index in [1.165, 1.54) is 18.2 Å². The van der Waals surface area contributed by atoms with Crippen LogP contribution in [0.4, 0.5) is 14.5 Å². The molecule has 4 nitrogen and oxygen atoms in total. The van der Waals surface area contributed by atoms with Crippen LogP contribution in [-0.4, -0.2) is 10.5 Å². The van der Waals surface area contributed by atoms with Gasteiger partial charge in [-0.2, -0.15) is 0 Å². The molecular formula is C28H24F2N2O2. The van der Waals surface area contributed by atoms with Crippen molar-refractivity contribution in [2.45, 2.75) is 26.3 Å². The minimum atomic E-state index is -0.640. The number of carbonyl (C=O) groups is 1. The van der Waals surface area contributed by atoms with Crippen LogP contribution in [0.25, 0.3) is 21.9 Å². The highest BCUT2D eigenvalue weighted by molar-refractivity contribution is 6.01. The summed E-state index contributed by atoms with van der Waals surface area (Å²) in [5.74, 6) is -1.63.